The predicted octanol–water partition coefficient (Wildman–Crippen LogP) is 3.37. The van der Waals surface area contributed by atoms with E-state index in [-0.39, 0.29) is 12.4 Å². The minimum atomic E-state index is 0. The van der Waals surface area contributed by atoms with Crippen molar-refractivity contribution in [2.45, 2.75) is 19.5 Å². The minimum absolute atomic E-state index is 0. The summed E-state index contributed by atoms with van der Waals surface area (Å²) in [5.41, 5.74) is 5.54. The van der Waals surface area contributed by atoms with Gasteiger partial charge in [0, 0.05) is 25.3 Å². The van der Waals surface area contributed by atoms with Crippen LogP contribution in [-0.2, 0) is 19.5 Å². The van der Waals surface area contributed by atoms with E-state index in [9.17, 15) is 0 Å². The van der Waals surface area contributed by atoms with E-state index in [1.807, 2.05) is 0 Å². The molecule has 3 rings (SSSR count). The van der Waals surface area contributed by atoms with E-state index >= 15 is 0 Å². The van der Waals surface area contributed by atoms with E-state index in [0.717, 1.165) is 26.1 Å². The van der Waals surface area contributed by atoms with Crippen LogP contribution in [-0.4, -0.2) is 6.54 Å². The molecule has 0 fully saturated rings. The highest BCUT2D eigenvalue weighted by Crippen LogP contribution is 2.23. The first-order chi connectivity index (χ1) is 8.93. The lowest BCUT2D eigenvalue weighted by molar-refractivity contribution is 0.765. The monoisotopic (exact) mass is 274 g/mol. The Bertz CT molecular complexity index is 526. The van der Waals surface area contributed by atoms with Crippen LogP contribution in [0.25, 0.3) is 0 Å². The molecule has 0 bridgehead atoms. The number of benzene rings is 2. The van der Waals surface area contributed by atoms with E-state index in [4.69, 9.17) is 0 Å². The maximum Gasteiger partial charge on any atom is 0.0389 e. The van der Waals surface area contributed by atoms with Crippen molar-refractivity contribution in [3.63, 3.8) is 0 Å². The average molecular weight is 275 g/mol. The molecule has 0 unspecified atom stereocenters. The van der Waals surface area contributed by atoms with Crippen LogP contribution in [0.3, 0.4) is 0 Å². The Labute approximate surface area is 120 Å². The first-order valence-electron chi connectivity index (χ1n) is 6.53. The standard InChI is InChI=1S/C16H18N2.ClH/c1-2-5-13(6-3-1)9-10-18-16-8-4-7-14-11-17-12-15(14)16;/h1-8,17-18H,9-12H2;1H. The molecule has 0 aromatic heterocycles. The molecule has 0 saturated carbocycles. The van der Waals surface area contributed by atoms with Crippen molar-refractivity contribution in [3.8, 4) is 0 Å². The SMILES string of the molecule is Cl.c1ccc(CCNc2cccc3c2CNC3)cc1. The Kier molecular flexibility index (Phi) is 4.83. The van der Waals surface area contributed by atoms with Crippen LogP contribution in [0.1, 0.15) is 16.7 Å². The molecule has 19 heavy (non-hydrogen) atoms. The lowest BCUT2D eigenvalue weighted by atomic mass is 10.1. The molecule has 0 spiro atoms. The largest absolute Gasteiger partial charge is 0.384 e. The van der Waals surface area contributed by atoms with Gasteiger partial charge >= 0.3 is 0 Å². The number of anilines is 1. The molecule has 0 radical (unpaired) electrons. The maximum absolute atomic E-state index is 3.55. The summed E-state index contributed by atoms with van der Waals surface area (Å²) >= 11 is 0. The van der Waals surface area contributed by atoms with Gasteiger partial charge in [-0.3, -0.25) is 0 Å². The van der Waals surface area contributed by atoms with Crippen LogP contribution in [0, 0.1) is 0 Å². The summed E-state index contributed by atoms with van der Waals surface area (Å²) in [7, 11) is 0. The lowest BCUT2D eigenvalue weighted by Crippen LogP contribution is -2.07. The van der Waals surface area contributed by atoms with Gasteiger partial charge in [-0.15, -0.1) is 12.4 Å². The molecule has 3 heteroatoms. The average Bonchev–Trinajstić information content (AvgIpc) is 2.89. The van der Waals surface area contributed by atoms with Crippen LogP contribution in [0.5, 0.6) is 0 Å². The quantitative estimate of drug-likeness (QED) is 0.893. The topological polar surface area (TPSA) is 24.1 Å². The summed E-state index contributed by atoms with van der Waals surface area (Å²) in [4.78, 5) is 0. The van der Waals surface area contributed by atoms with Crippen LogP contribution in [0.4, 0.5) is 5.69 Å². The van der Waals surface area contributed by atoms with Crippen molar-refractivity contribution in [2.24, 2.45) is 0 Å². The third-order valence-electron chi connectivity index (χ3n) is 3.46. The van der Waals surface area contributed by atoms with Gasteiger partial charge in [0.15, 0.2) is 0 Å². The molecular weight excluding hydrogens is 256 g/mol. The molecule has 0 amide bonds. The van der Waals surface area contributed by atoms with E-state index in [2.05, 4.69) is 59.2 Å². The molecule has 1 aliphatic heterocycles. The molecule has 0 atom stereocenters. The van der Waals surface area contributed by atoms with Gasteiger partial charge < -0.3 is 10.6 Å². The number of fused-ring (bicyclic) bond motifs is 1. The van der Waals surface area contributed by atoms with Gasteiger partial charge in [-0.2, -0.15) is 0 Å². The first-order valence-corrected chi connectivity index (χ1v) is 6.53. The zero-order chi connectivity index (χ0) is 12.2. The summed E-state index contributed by atoms with van der Waals surface area (Å²) in [6.07, 6.45) is 1.07. The van der Waals surface area contributed by atoms with E-state index in [0.29, 0.717) is 0 Å². The lowest BCUT2D eigenvalue weighted by Gasteiger charge is -2.10. The van der Waals surface area contributed by atoms with Gasteiger partial charge in [0.2, 0.25) is 0 Å². The fourth-order valence-corrected chi connectivity index (χ4v) is 2.48. The van der Waals surface area contributed by atoms with Gasteiger partial charge in [-0.1, -0.05) is 42.5 Å². The first kappa shape index (κ1) is 13.9. The smallest absolute Gasteiger partial charge is 0.0389 e. The number of nitrogens with one attached hydrogen (secondary N) is 2. The highest BCUT2D eigenvalue weighted by molar-refractivity contribution is 5.85. The normalized spacial score (nSPS) is 12.6. The predicted molar refractivity (Wildman–Crippen MR) is 82.9 cm³/mol. The molecule has 2 aromatic carbocycles. The second-order valence-corrected chi connectivity index (χ2v) is 4.71. The summed E-state index contributed by atoms with van der Waals surface area (Å²) < 4.78 is 0. The van der Waals surface area contributed by atoms with Gasteiger partial charge in [-0.25, -0.2) is 0 Å². The van der Waals surface area contributed by atoms with Crippen molar-refractivity contribution in [2.75, 3.05) is 11.9 Å². The minimum Gasteiger partial charge on any atom is -0.384 e. The Morgan fingerprint density at radius 2 is 1.79 bits per heavy atom. The highest BCUT2D eigenvalue weighted by atomic mass is 35.5. The zero-order valence-corrected chi connectivity index (χ0v) is 11.7. The summed E-state index contributed by atoms with van der Waals surface area (Å²) in [5.74, 6) is 0. The molecule has 2 nitrogen and oxygen atoms in total. The third kappa shape index (κ3) is 3.28. The van der Waals surface area contributed by atoms with Gasteiger partial charge in [-0.05, 0) is 29.2 Å². The molecular formula is C16H19ClN2. The van der Waals surface area contributed by atoms with E-state index < -0.39 is 0 Å². The highest BCUT2D eigenvalue weighted by Gasteiger charge is 2.12. The molecule has 0 aliphatic carbocycles. The van der Waals surface area contributed by atoms with Crippen molar-refractivity contribution in [1.82, 2.24) is 5.32 Å². The van der Waals surface area contributed by atoms with Crippen molar-refractivity contribution in [1.29, 1.82) is 0 Å². The molecule has 2 aromatic rings. The van der Waals surface area contributed by atoms with Gasteiger partial charge in [0.05, 0.1) is 0 Å². The van der Waals surface area contributed by atoms with Crippen LogP contribution in [0.2, 0.25) is 0 Å². The Balaban J connectivity index is 0.00000133. The van der Waals surface area contributed by atoms with Crippen molar-refractivity contribution >= 4 is 18.1 Å². The van der Waals surface area contributed by atoms with Crippen LogP contribution in [0.15, 0.2) is 48.5 Å². The zero-order valence-electron chi connectivity index (χ0n) is 10.9. The van der Waals surface area contributed by atoms with E-state index in [1.165, 1.54) is 22.4 Å². The van der Waals surface area contributed by atoms with Crippen LogP contribution < -0.4 is 10.6 Å². The number of hydrogen-bond donors (Lipinski definition) is 2. The summed E-state index contributed by atoms with van der Waals surface area (Å²) in [5, 5.41) is 6.95. The van der Waals surface area contributed by atoms with Crippen LogP contribution >= 0.6 is 12.4 Å². The van der Waals surface area contributed by atoms with E-state index in [1.54, 1.807) is 0 Å². The van der Waals surface area contributed by atoms with Gasteiger partial charge in [0.25, 0.3) is 0 Å². The molecule has 1 heterocycles. The molecule has 0 saturated heterocycles. The second-order valence-electron chi connectivity index (χ2n) is 4.71. The fraction of sp³-hybridized carbons (Fsp3) is 0.250. The third-order valence-corrected chi connectivity index (χ3v) is 3.46. The van der Waals surface area contributed by atoms with Crippen molar-refractivity contribution in [3.05, 3.63) is 65.2 Å². The Hall–Kier alpha value is -1.51. The number of rotatable bonds is 4. The second kappa shape index (κ2) is 6.60. The number of hydrogen-bond acceptors (Lipinski definition) is 2. The van der Waals surface area contributed by atoms with Gasteiger partial charge in [0.1, 0.15) is 0 Å². The summed E-state index contributed by atoms with van der Waals surface area (Å²) in [6.45, 7) is 2.98. The Morgan fingerprint density at radius 1 is 0.947 bits per heavy atom. The Morgan fingerprint density at radius 3 is 2.63 bits per heavy atom. The summed E-state index contributed by atoms with van der Waals surface area (Å²) in [6, 6.07) is 17.1. The van der Waals surface area contributed by atoms with Crippen molar-refractivity contribution < 1.29 is 0 Å². The molecule has 2 N–H and O–H groups in total. The molecule has 1 aliphatic rings. The fourth-order valence-electron chi connectivity index (χ4n) is 2.48. The maximum atomic E-state index is 3.55. The number of halogens is 1. The molecule has 100 valence electrons.